The van der Waals surface area contributed by atoms with E-state index in [2.05, 4.69) is 5.32 Å². The molecule has 1 aromatic carbocycles. The largest absolute Gasteiger partial charge is 0.370 e. The highest BCUT2D eigenvalue weighted by molar-refractivity contribution is 6.18. The predicted molar refractivity (Wildman–Crippen MR) is 77.9 cm³/mol. The maximum atomic E-state index is 11.5. The van der Waals surface area contributed by atoms with Crippen molar-refractivity contribution in [3.63, 3.8) is 0 Å². The molecular formula is C14H20ClNO4. The van der Waals surface area contributed by atoms with Gasteiger partial charge in [-0.25, -0.2) is 0 Å². The van der Waals surface area contributed by atoms with Crippen LogP contribution in [0.25, 0.3) is 0 Å². The van der Waals surface area contributed by atoms with Crippen molar-refractivity contribution in [2.45, 2.75) is 19.6 Å². The van der Waals surface area contributed by atoms with Gasteiger partial charge >= 0.3 is 0 Å². The number of benzene rings is 1. The van der Waals surface area contributed by atoms with Crippen LogP contribution in [0.2, 0.25) is 0 Å². The Bertz CT molecular complexity index is 397. The Labute approximate surface area is 123 Å². The van der Waals surface area contributed by atoms with Crippen molar-refractivity contribution >= 4 is 23.2 Å². The van der Waals surface area contributed by atoms with Crippen LogP contribution in [0.3, 0.4) is 0 Å². The van der Waals surface area contributed by atoms with Gasteiger partial charge in [-0.1, -0.05) is 12.1 Å². The number of alkyl halides is 1. The molecule has 5 nitrogen and oxygen atoms in total. The minimum absolute atomic E-state index is 0.0163. The molecule has 1 atom stereocenters. The first-order valence-electron chi connectivity index (χ1n) is 6.48. The molecule has 0 bridgehead atoms. The Kier molecular flexibility index (Phi) is 8.22. The summed E-state index contributed by atoms with van der Waals surface area (Å²) in [5.41, 5.74) is 1.61. The number of ether oxygens (including phenoxy) is 2. The summed E-state index contributed by atoms with van der Waals surface area (Å²) < 4.78 is 10.1. The molecule has 0 aliphatic heterocycles. The molecule has 0 aliphatic carbocycles. The zero-order valence-electron chi connectivity index (χ0n) is 11.5. The lowest BCUT2D eigenvalue weighted by Crippen LogP contribution is -2.19. The van der Waals surface area contributed by atoms with Gasteiger partial charge in [0.25, 0.3) is 0 Å². The highest BCUT2D eigenvalue weighted by atomic mass is 35.5. The van der Waals surface area contributed by atoms with Crippen LogP contribution in [0.1, 0.15) is 12.5 Å². The van der Waals surface area contributed by atoms with Gasteiger partial charge in [-0.3, -0.25) is 4.79 Å². The quantitative estimate of drug-likeness (QED) is 0.414. The summed E-state index contributed by atoms with van der Waals surface area (Å²) in [6.45, 7) is 2.63. The summed E-state index contributed by atoms with van der Waals surface area (Å²) in [5, 5.41) is 12.2. The summed E-state index contributed by atoms with van der Waals surface area (Å²) in [5.74, 6) is 0.140. The Morgan fingerprint density at radius 3 is 2.70 bits per heavy atom. The average Bonchev–Trinajstić information content (AvgIpc) is 2.41. The number of halogens is 1. The molecule has 1 unspecified atom stereocenters. The topological polar surface area (TPSA) is 67.8 Å². The maximum absolute atomic E-state index is 11.5. The van der Waals surface area contributed by atoms with Crippen molar-refractivity contribution < 1.29 is 19.4 Å². The van der Waals surface area contributed by atoms with E-state index in [9.17, 15) is 9.90 Å². The number of nitrogens with one attached hydrogen (secondary N) is 1. The SMILES string of the molecule is CCOC(O)Cc1ccc(NC(=O)COCCCl)cc1. The summed E-state index contributed by atoms with van der Waals surface area (Å²) in [6.07, 6.45) is -0.384. The molecule has 0 fully saturated rings. The Morgan fingerprint density at radius 1 is 1.40 bits per heavy atom. The van der Waals surface area contributed by atoms with Crippen molar-refractivity contribution in [3.05, 3.63) is 29.8 Å². The second-order valence-corrected chi connectivity index (χ2v) is 4.48. The minimum Gasteiger partial charge on any atom is -0.370 e. The molecule has 0 aliphatic rings. The number of rotatable bonds is 9. The summed E-state index contributed by atoms with van der Waals surface area (Å²) in [6, 6.07) is 7.20. The van der Waals surface area contributed by atoms with Crippen molar-refractivity contribution in [2.75, 3.05) is 31.0 Å². The first-order valence-corrected chi connectivity index (χ1v) is 7.01. The average molecular weight is 302 g/mol. The zero-order chi connectivity index (χ0) is 14.8. The number of anilines is 1. The lowest BCUT2D eigenvalue weighted by molar-refractivity contribution is -0.120. The van der Waals surface area contributed by atoms with Gasteiger partial charge < -0.3 is 19.9 Å². The molecule has 2 N–H and O–H groups in total. The van der Waals surface area contributed by atoms with Gasteiger partial charge in [-0.15, -0.1) is 11.6 Å². The molecule has 0 saturated heterocycles. The third-order valence-corrected chi connectivity index (χ3v) is 2.62. The van der Waals surface area contributed by atoms with Crippen LogP contribution < -0.4 is 5.32 Å². The number of carbonyl (C=O) groups is 1. The van der Waals surface area contributed by atoms with Crippen LogP contribution in [0.5, 0.6) is 0 Å². The first kappa shape index (κ1) is 16.9. The molecule has 0 saturated carbocycles. The van der Waals surface area contributed by atoms with Crippen LogP contribution in [-0.4, -0.2) is 43.0 Å². The van der Waals surface area contributed by atoms with Gasteiger partial charge in [0.15, 0.2) is 6.29 Å². The summed E-state index contributed by atoms with van der Waals surface area (Å²) in [7, 11) is 0. The second kappa shape index (κ2) is 9.72. The summed E-state index contributed by atoms with van der Waals surface area (Å²) in [4.78, 5) is 11.5. The molecule has 112 valence electrons. The molecular weight excluding hydrogens is 282 g/mol. The number of carbonyl (C=O) groups excluding carboxylic acids is 1. The molecule has 1 rings (SSSR count). The van der Waals surface area contributed by atoms with Gasteiger partial charge in [-0.2, -0.15) is 0 Å². The standard InChI is InChI=1S/C14H20ClNO4/c1-2-20-14(18)9-11-3-5-12(6-4-11)16-13(17)10-19-8-7-15/h3-6,14,18H,2,7-10H2,1H3,(H,16,17). The van der Waals surface area contributed by atoms with E-state index in [1.54, 1.807) is 12.1 Å². The van der Waals surface area contributed by atoms with Crippen molar-refractivity contribution in [1.82, 2.24) is 0 Å². The fourth-order valence-electron chi connectivity index (χ4n) is 1.59. The summed E-state index contributed by atoms with van der Waals surface area (Å²) >= 11 is 5.44. The van der Waals surface area contributed by atoms with Gasteiger partial charge in [-0.05, 0) is 24.6 Å². The van der Waals surface area contributed by atoms with E-state index >= 15 is 0 Å². The molecule has 0 heterocycles. The Morgan fingerprint density at radius 2 is 2.10 bits per heavy atom. The van der Waals surface area contributed by atoms with Crippen molar-refractivity contribution in [2.24, 2.45) is 0 Å². The van der Waals surface area contributed by atoms with Gasteiger partial charge in [0.05, 0.1) is 6.61 Å². The molecule has 1 amide bonds. The van der Waals surface area contributed by atoms with Crippen LogP contribution in [0.15, 0.2) is 24.3 Å². The monoisotopic (exact) mass is 301 g/mol. The minimum atomic E-state index is -0.801. The second-order valence-electron chi connectivity index (χ2n) is 4.10. The maximum Gasteiger partial charge on any atom is 0.250 e. The van der Waals surface area contributed by atoms with Gasteiger partial charge in [0.1, 0.15) is 6.61 Å². The number of hydrogen-bond acceptors (Lipinski definition) is 4. The predicted octanol–water partition coefficient (Wildman–Crippen LogP) is 1.78. The third-order valence-electron chi connectivity index (χ3n) is 2.46. The molecule has 0 radical (unpaired) electrons. The van der Waals surface area contributed by atoms with Crippen LogP contribution >= 0.6 is 11.6 Å². The van der Waals surface area contributed by atoms with E-state index in [0.717, 1.165) is 5.56 Å². The van der Waals surface area contributed by atoms with E-state index < -0.39 is 6.29 Å². The molecule has 0 aromatic heterocycles. The molecule has 6 heteroatoms. The number of amides is 1. The van der Waals surface area contributed by atoms with Crippen molar-refractivity contribution in [3.8, 4) is 0 Å². The lowest BCUT2D eigenvalue weighted by Gasteiger charge is -2.11. The molecule has 1 aromatic rings. The highest BCUT2D eigenvalue weighted by Gasteiger charge is 2.06. The number of aliphatic hydroxyl groups excluding tert-OH is 1. The van der Waals surface area contributed by atoms with E-state index in [0.29, 0.717) is 31.2 Å². The van der Waals surface area contributed by atoms with Crippen molar-refractivity contribution in [1.29, 1.82) is 0 Å². The smallest absolute Gasteiger partial charge is 0.250 e. The highest BCUT2D eigenvalue weighted by Crippen LogP contribution is 2.11. The Balaban J connectivity index is 2.40. The molecule has 20 heavy (non-hydrogen) atoms. The Hall–Kier alpha value is -1.14. The molecule has 0 spiro atoms. The van der Waals surface area contributed by atoms with Gasteiger partial charge in [0, 0.05) is 24.6 Å². The zero-order valence-corrected chi connectivity index (χ0v) is 12.2. The number of aliphatic hydroxyl groups is 1. The van der Waals surface area contributed by atoms with E-state index in [-0.39, 0.29) is 12.5 Å². The van der Waals surface area contributed by atoms with Gasteiger partial charge in [0.2, 0.25) is 5.91 Å². The lowest BCUT2D eigenvalue weighted by atomic mass is 10.1. The van der Waals surface area contributed by atoms with E-state index in [1.165, 1.54) is 0 Å². The fraction of sp³-hybridized carbons (Fsp3) is 0.500. The van der Waals surface area contributed by atoms with Crippen LogP contribution in [0, 0.1) is 0 Å². The van der Waals surface area contributed by atoms with Crippen LogP contribution in [0.4, 0.5) is 5.69 Å². The van der Waals surface area contributed by atoms with Crippen LogP contribution in [-0.2, 0) is 20.7 Å². The normalized spacial score (nSPS) is 12.2. The number of hydrogen-bond donors (Lipinski definition) is 2. The first-order chi connectivity index (χ1) is 9.65. The fourth-order valence-corrected chi connectivity index (χ4v) is 1.70. The third kappa shape index (κ3) is 6.86. The van der Waals surface area contributed by atoms with E-state index in [1.807, 2.05) is 19.1 Å². The van der Waals surface area contributed by atoms with E-state index in [4.69, 9.17) is 21.1 Å².